The molecular formula is C39H26N4. The highest BCUT2D eigenvalue weighted by Crippen LogP contribution is 2.32. The zero-order valence-corrected chi connectivity index (χ0v) is 23.3. The van der Waals surface area contributed by atoms with Gasteiger partial charge in [0.2, 0.25) is 0 Å². The van der Waals surface area contributed by atoms with E-state index in [4.69, 9.17) is 10.1 Å². The smallest absolute Gasteiger partial charge is 0.0977 e. The molecule has 0 saturated carbocycles. The fourth-order valence-electron chi connectivity index (χ4n) is 5.82. The van der Waals surface area contributed by atoms with Crippen molar-refractivity contribution in [3.63, 3.8) is 0 Å². The zero-order chi connectivity index (χ0) is 28.6. The lowest BCUT2D eigenvalue weighted by Crippen LogP contribution is -2.06. The van der Waals surface area contributed by atoms with E-state index in [1.165, 1.54) is 16.2 Å². The summed E-state index contributed by atoms with van der Waals surface area (Å²) in [7, 11) is 0. The van der Waals surface area contributed by atoms with Crippen molar-refractivity contribution in [1.82, 2.24) is 9.97 Å². The minimum atomic E-state index is 0.903. The van der Waals surface area contributed by atoms with Crippen molar-refractivity contribution >= 4 is 54.7 Å². The molecule has 4 heteroatoms. The second kappa shape index (κ2) is 10.5. The van der Waals surface area contributed by atoms with Gasteiger partial charge in [0, 0.05) is 39.9 Å². The first-order chi connectivity index (χ1) is 21.3. The van der Waals surface area contributed by atoms with E-state index in [0.717, 1.165) is 60.8 Å². The number of benzene rings is 6. The van der Waals surface area contributed by atoms with Crippen LogP contribution in [0.5, 0.6) is 0 Å². The highest BCUT2D eigenvalue weighted by Gasteiger charge is 2.09. The van der Waals surface area contributed by atoms with Gasteiger partial charge in [0.15, 0.2) is 0 Å². The van der Waals surface area contributed by atoms with Crippen LogP contribution in [-0.2, 0) is 0 Å². The molecule has 8 aromatic rings. The van der Waals surface area contributed by atoms with Gasteiger partial charge in [-0.3, -0.25) is 15.4 Å². The van der Waals surface area contributed by atoms with Gasteiger partial charge in [-0.25, -0.2) is 0 Å². The van der Waals surface area contributed by atoms with Gasteiger partial charge in [-0.1, -0.05) is 109 Å². The average molecular weight is 551 g/mol. The SMILES string of the molecule is c1ccc(C(=NNc2ccc3c(ccc4cc(-c5cnc6c(ccc7cccnc76)c5)ccc43)c2)c2ccccc2)cc1. The molecule has 0 spiro atoms. The summed E-state index contributed by atoms with van der Waals surface area (Å²) in [4.78, 5) is 9.38. The van der Waals surface area contributed by atoms with Gasteiger partial charge < -0.3 is 0 Å². The van der Waals surface area contributed by atoms with Gasteiger partial charge in [0.25, 0.3) is 0 Å². The molecule has 0 aliphatic rings. The molecule has 8 rings (SSSR count). The first-order valence-corrected chi connectivity index (χ1v) is 14.4. The number of fused-ring (bicyclic) bond motifs is 6. The van der Waals surface area contributed by atoms with Crippen LogP contribution < -0.4 is 5.43 Å². The monoisotopic (exact) mass is 550 g/mol. The molecular weight excluding hydrogens is 524 g/mol. The predicted molar refractivity (Wildman–Crippen MR) is 180 cm³/mol. The normalized spacial score (nSPS) is 11.3. The van der Waals surface area contributed by atoms with Gasteiger partial charge in [-0.15, -0.1) is 0 Å². The fourth-order valence-corrected chi connectivity index (χ4v) is 5.82. The van der Waals surface area contributed by atoms with Crippen LogP contribution in [0.3, 0.4) is 0 Å². The summed E-state index contributed by atoms with van der Waals surface area (Å²) in [5, 5.41) is 11.8. The third kappa shape index (κ3) is 4.65. The molecule has 2 heterocycles. The first-order valence-electron chi connectivity index (χ1n) is 14.4. The summed E-state index contributed by atoms with van der Waals surface area (Å²) in [5.74, 6) is 0. The number of aromatic nitrogens is 2. The molecule has 0 amide bonds. The van der Waals surface area contributed by atoms with E-state index in [1.807, 2.05) is 54.9 Å². The second-order valence-corrected chi connectivity index (χ2v) is 10.7. The maximum atomic E-state index is 4.84. The Hall–Kier alpha value is -5.87. The molecule has 0 saturated heterocycles. The van der Waals surface area contributed by atoms with Crippen LogP contribution in [0, 0.1) is 0 Å². The number of pyridine rings is 2. The van der Waals surface area contributed by atoms with E-state index in [0.29, 0.717) is 0 Å². The molecule has 2 aromatic heterocycles. The van der Waals surface area contributed by atoms with E-state index in [2.05, 4.69) is 107 Å². The average Bonchev–Trinajstić information content (AvgIpc) is 3.08. The van der Waals surface area contributed by atoms with Gasteiger partial charge in [-0.05, 0) is 57.4 Å². The van der Waals surface area contributed by atoms with Gasteiger partial charge in [0.05, 0.1) is 22.4 Å². The number of hydrazone groups is 1. The standard InChI is InChI=1S/C39H26N4/c1-3-8-26(9-4-1)37(27-10-5-2-6-11-27)43-42-34-18-20-36-31(24-34)15-14-30-22-29(17-19-35(30)36)33-23-32-16-13-28-12-7-21-40-38(28)39(32)41-25-33/h1-25,42H. The molecule has 202 valence electrons. The Morgan fingerprint density at radius 2 is 1.12 bits per heavy atom. The number of hydrogen-bond donors (Lipinski definition) is 1. The zero-order valence-electron chi connectivity index (χ0n) is 23.3. The van der Waals surface area contributed by atoms with Gasteiger partial charge >= 0.3 is 0 Å². The van der Waals surface area contributed by atoms with Crippen molar-refractivity contribution < 1.29 is 0 Å². The van der Waals surface area contributed by atoms with Crippen LogP contribution in [-0.4, -0.2) is 15.7 Å². The van der Waals surface area contributed by atoms with Crippen LogP contribution in [0.1, 0.15) is 11.1 Å². The first kappa shape index (κ1) is 24.9. The number of nitrogens with one attached hydrogen (secondary N) is 1. The van der Waals surface area contributed by atoms with Crippen LogP contribution in [0.25, 0.3) is 54.5 Å². The van der Waals surface area contributed by atoms with Crippen molar-refractivity contribution in [1.29, 1.82) is 0 Å². The number of anilines is 1. The maximum Gasteiger partial charge on any atom is 0.0977 e. The maximum absolute atomic E-state index is 4.84. The van der Waals surface area contributed by atoms with E-state index >= 15 is 0 Å². The van der Waals surface area contributed by atoms with Crippen molar-refractivity contribution in [2.75, 3.05) is 5.43 Å². The van der Waals surface area contributed by atoms with Gasteiger partial charge in [-0.2, -0.15) is 5.10 Å². The molecule has 4 nitrogen and oxygen atoms in total. The van der Waals surface area contributed by atoms with E-state index < -0.39 is 0 Å². The van der Waals surface area contributed by atoms with Crippen molar-refractivity contribution in [2.24, 2.45) is 5.10 Å². The second-order valence-electron chi connectivity index (χ2n) is 10.7. The molecule has 0 bridgehead atoms. The fraction of sp³-hybridized carbons (Fsp3) is 0. The molecule has 0 aliphatic heterocycles. The quantitative estimate of drug-likeness (QED) is 0.132. The Labute approximate surface area is 249 Å². The van der Waals surface area contributed by atoms with Gasteiger partial charge in [0.1, 0.15) is 0 Å². The van der Waals surface area contributed by atoms with Crippen molar-refractivity contribution in [3.05, 3.63) is 163 Å². The van der Waals surface area contributed by atoms with Crippen LogP contribution in [0.4, 0.5) is 5.69 Å². The van der Waals surface area contributed by atoms with Crippen LogP contribution >= 0.6 is 0 Å². The third-order valence-corrected chi connectivity index (χ3v) is 7.98. The van der Waals surface area contributed by atoms with Crippen molar-refractivity contribution in [2.45, 2.75) is 0 Å². The summed E-state index contributed by atoms with van der Waals surface area (Å²) in [5.41, 5.74) is 11.4. The number of rotatable bonds is 5. The van der Waals surface area contributed by atoms with E-state index in [1.54, 1.807) is 0 Å². The Bertz CT molecular complexity index is 2270. The topological polar surface area (TPSA) is 50.2 Å². The molecule has 0 radical (unpaired) electrons. The Balaban J connectivity index is 1.13. The summed E-state index contributed by atoms with van der Waals surface area (Å²) in [6.07, 6.45) is 3.78. The Morgan fingerprint density at radius 3 is 1.88 bits per heavy atom. The molecule has 0 unspecified atom stereocenters. The lowest BCUT2D eigenvalue weighted by atomic mass is 9.97. The summed E-state index contributed by atoms with van der Waals surface area (Å²) in [6.45, 7) is 0. The largest absolute Gasteiger partial charge is 0.278 e. The van der Waals surface area contributed by atoms with Crippen LogP contribution in [0.2, 0.25) is 0 Å². The number of hydrogen-bond acceptors (Lipinski definition) is 4. The van der Waals surface area contributed by atoms with Crippen molar-refractivity contribution in [3.8, 4) is 11.1 Å². The Kier molecular flexibility index (Phi) is 6.08. The molecule has 0 atom stereocenters. The molecule has 1 N–H and O–H groups in total. The van der Waals surface area contributed by atoms with E-state index in [9.17, 15) is 0 Å². The van der Waals surface area contributed by atoms with Crippen LogP contribution in [0.15, 0.2) is 157 Å². The minimum Gasteiger partial charge on any atom is -0.278 e. The summed E-state index contributed by atoms with van der Waals surface area (Å²) in [6, 6.07) is 48.5. The Morgan fingerprint density at radius 1 is 0.488 bits per heavy atom. The predicted octanol–water partition coefficient (Wildman–Crippen LogP) is 9.62. The lowest BCUT2D eigenvalue weighted by Gasteiger charge is -2.11. The summed E-state index contributed by atoms with van der Waals surface area (Å²) < 4.78 is 0. The molecule has 0 fully saturated rings. The number of nitrogens with zero attached hydrogens (tertiary/aromatic N) is 3. The third-order valence-electron chi connectivity index (χ3n) is 7.98. The molecule has 43 heavy (non-hydrogen) atoms. The molecule has 0 aliphatic carbocycles. The molecule has 6 aromatic carbocycles. The highest BCUT2D eigenvalue weighted by atomic mass is 15.3. The lowest BCUT2D eigenvalue weighted by molar-refractivity contribution is 1.33. The summed E-state index contributed by atoms with van der Waals surface area (Å²) >= 11 is 0. The highest BCUT2D eigenvalue weighted by molar-refractivity contribution is 6.13. The van der Waals surface area contributed by atoms with E-state index in [-0.39, 0.29) is 0 Å². The minimum absolute atomic E-state index is 0.903.